The van der Waals surface area contributed by atoms with Crippen molar-refractivity contribution in [2.24, 2.45) is 11.8 Å². The van der Waals surface area contributed by atoms with Gasteiger partial charge in [0.2, 0.25) is 11.8 Å². The molecule has 5 heteroatoms. The van der Waals surface area contributed by atoms with Crippen molar-refractivity contribution >= 4 is 11.8 Å². The quantitative estimate of drug-likeness (QED) is 0.730. The van der Waals surface area contributed by atoms with Crippen LogP contribution in [0.5, 0.6) is 0 Å². The summed E-state index contributed by atoms with van der Waals surface area (Å²) in [6.45, 7) is 18.3. The molecule has 0 aromatic rings. The minimum atomic E-state index is -0.259. The Morgan fingerprint density at radius 2 is 1.00 bits per heavy atom. The maximum atomic E-state index is 12.7. The van der Waals surface area contributed by atoms with E-state index in [1.54, 1.807) is 0 Å². The van der Waals surface area contributed by atoms with Gasteiger partial charge in [0.15, 0.2) is 0 Å². The molecule has 5 nitrogen and oxygen atoms in total. The predicted octanol–water partition coefficient (Wildman–Crippen LogP) is 2.99. The van der Waals surface area contributed by atoms with Gasteiger partial charge in [0.05, 0.1) is 0 Å². The van der Waals surface area contributed by atoms with Gasteiger partial charge in [-0.25, -0.2) is 0 Å². The molecule has 2 amide bonds. The summed E-state index contributed by atoms with van der Waals surface area (Å²) in [4.78, 5) is 25.4. The van der Waals surface area contributed by atoms with E-state index >= 15 is 0 Å². The second-order valence-corrected chi connectivity index (χ2v) is 10.7. The molecule has 1 fully saturated rings. The van der Waals surface area contributed by atoms with E-state index in [2.05, 4.69) is 36.7 Å². The minimum absolute atomic E-state index is 0.0435. The molecule has 1 aliphatic carbocycles. The highest BCUT2D eigenvalue weighted by atomic mass is 16.2. The highest BCUT2D eigenvalue weighted by Crippen LogP contribution is 2.31. The number of hydrogen-bond donors (Lipinski definition) is 3. The summed E-state index contributed by atoms with van der Waals surface area (Å²) < 4.78 is 0. The van der Waals surface area contributed by atoms with Crippen LogP contribution in [0.1, 0.15) is 81.6 Å². The first-order chi connectivity index (χ1) is 11.1. The van der Waals surface area contributed by atoms with Crippen LogP contribution in [-0.2, 0) is 9.59 Å². The predicted molar refractivity (Wildman–Crippen MR) is 103 cm³/mol. The number of rotatable bonds is 3. The summed E-state index contributed by atoms with van der Waals surface area (Å²) in [5.41, 5.74) is -0.562. The van der Waals surface area contributed by atoms with Gasteiger partial charge in [0.1, 0.15) is 0 Å². The highest BCUT2D eigenvalue weighted by molar-refractivity contribution is 5.83. The zero-order valence-electron chi connectivity index (χ0n) is 17.7. The smallest absolute Gasteiger partial charge is 0.223 e. The molecule has 0 radical (unpaired) electrons. The molecule has 146 valence electrons. The Balaban J connectivity index is 2.91. The number of nitrogens with one attached hydrogen (secondary N) is 3. The molecule has 0 aromatic heterocycles. The van der Waals surface area contributed by atoms with Gasteiger partial charge < -0.3 is 16.0 Å². The van der Waals surface area contributed by atoms with Gasteiger partial charge in [-0.15, -0.1) is 0 Å². The first kappa shape index (κ1) is 21.9. The van der Waals surface area contributed by atoms with E-state index in [0.717, 1.165) is 12.8 Å². The fourth-order valence-electron chi connectivity index (χ4n) is 3.42. The molecule has 3 N–H and O–H groups in total. The molecule has 2 atom stereocenters. The molecule has 0 spiro atoms. The van der Waals surface area contributed by atoms with E-state index in [1.807, 2.05) is 41.5 Å². The van der Waals surface area contributed by atoms with Gasteiger partial charge in [0.25, 0.3) is 0 Å². The normalized spacial score (nSPS) is 25.4. The van der Waals surface area contributed by atoms with Crippen molar-refractivity contribution in [3.63, 3.8) is 0 Å². The molecule has 1 rings (SSSR count). The summed E-state index contributed by atoms with van der Waals surface area (Å²) in [6.07, 6.45) is 2.17. The first-order valence-corrected chi connectivity index (χ1v) is 9.47. The molecule has 0 aromatic carbocycles. The molecule has 1 saturated carbocycles. The molecular weight excluding hydrogens is 314 g/mol. The standard InChI is InChI=1S/C20H39N3O2/c1-18(2,3)21-15-11-13(16(24)22-19(4,5)6)10-14(12-15)17(25)23-20(7,8)9/h13-15,21H,10-12H2,1-9H3,(H,22,24)(H,23,25). The lowest BCUT2D eigenvalue weighted by Crippen LogP contribution is -2.54. The third-order valence-electron chi connectivity index (χ3n) is 4.08. The van der Waals surface area contributed by atoms with Crippen LogP contribution in [0.3, 0.4) is 0 Å². The number of hydrogen-bond acceptors (Lipinski definition) is 3. The summed E-state index contributed by atoms with van der Waals surface area (Å²) in [5, 5.41) is 9.76. The third kappa shape index (κ3) is 8.70. The van der Waals surface area contributed by atoms with Crippen molar-refractivity contribution in [1.29, 1.82) is 0 Å². The summed E-state index contributed by atoms with van der Waals surface area (Å²) in [5.74, 6) is -0.157. The topological polar surface area (TPSA) is 70.2 Å². The van der Waals surface area contributed by atoms with Gasteiger partial charge in [-0.05, 0) is 81.6 Å². The maximum absolute atomic E-state index is 12.7. The lowest BCUT2D eigenvalue weighted by Gasteiger charge is -2.39. The number of carbonyl (C=O) groups is 2. The van der Waals surface area contributed by atoms with Crippen LogP contribution in [0.4, 0.5) is 0 Å². The average Bonchev–Trinajstić information content (AvgIpc) is 2.31. The minimum Gasteiger partial charge on any atom is -0.351 e. The van der Waals surface area contributed by atoms with Crippen molar-refractivity contribution in [2.75, 3.05) is 0 Å². The molecule has 0 saturated heterocycles. The average molecular weight is 354 g/mol. The largest absolute Gasteiger partial charge is 0.351 e. The van der Waals surface area contributed by atoms with Crippen molar-refractivity contribution in [3.8, 4) is 0 Å². The Morgan fingerprint density at radius 3 is 1.28 bits per heavy atom. The molecule has 0 bridgehead atoms. The maximum Gasteiger partial charge on any atom is 0.223 e. The van der Waals surface area contributed by atoms with Crippen LogP contribution in [-0.4, -0.2) is 34.5 Å². The number of carbonyl (C=O) groups excluding carboxylic acids is 2. The second-order valence-electron chi connectivity index (χ2n) is 10.7. The first-order valence-electron chi connectivity index (χ1n) is 9.47. The van der Waals surface area contributed by atoms with Crippen LogP contribution >= 0.6 is 0 Å². The van der Waals surface area contributed by atoms with E-state index in [-0.39, 0.29) is 46.3 Å². The zero-order valence-corrected chi connectivity index (χ0v) is 17.7. The van der Waals surface area contributed by atoms with Crippen molar-refractivity contribution < 1.29 is 9.59 Å². The van der Waals surface area contributed by atoms with Crippen LogP contribution in [0.15, 0.2) is 0 Å². The molecular formula is C20H39N3O2. The molecule has 1 aliphatic rings. The zero-order chi connectivity index (χ0) is 19.6. The van der Waals surface area contributed by atoms with Gasteiger partial charge in [-0.1, -0.05) is 0 Å². The number of amides is 2. The monoisotopic (exact) mass is 353 g/mol. The van der Waals surface area contributed by atoms with Crippen molar-refractivity contribution in [2.45, 2.75) is 104 Å². The van der Waals surface area contributed by atoms with Crippen molar-refractivity contribution in [3.05, 3.63) is 0 Å². The van der Waals surface area contributed by atoms with Crippen LogP contribution in [0.2, 0.25) is 0 Å². The van der Waals surface area contributed by atoms with Crippen LogP contribution in [0.25, 0.3) is 0 Å². The van der Waals surface area contributed by atoms with E-state index in [4.69, 9.17) is 0 Å². The summed E-state index contributed by atoms with van der Waals surface area (Å²) in [7, 11) is 0. The Morgan fingerprint density at radius 1 is 0.640 bits per heavy atom. The Kier molecular flexibility index (Phi) is 6.71. The molecule has 2 unspecified atom stereocenters. The van der Waals surface area contributed by atoms with Crippen LogP contribution in [0, 0.1) is 11.8 Å². The second kappa shape index (κ2) is 7.65. The van der Waals surface area contributed by atoms with Crippen LogP contribution < -0.4 is 16.0 Å². The molecule has 25 heavy (non-hydrogen) atoms. The van der Waals surface area contributed by atoms with E-state index in [1.165, 1.54) is 0 Å². The summed E-state index contributed by atoms with van der Waals surface area (Å²) in [6, 6.07) is 0.167. The Hall–Kier alpha value is -1.10. The van der Waals surface area contributed by atoms with E-state index in [0.29, 0.717) is 6.42 Å². The fraction of sp³-hybridized carbons (Fsp3) is 0.900. The van der Waals surface area contributed by atoms with Gasteiger partial charge in [-0.3, -0.25) is 9.59 Å². The lowest BCUT2D eigenvalue weighted by molar-refractivity contribution is -0.132. The lowest BCUT2D eigenvalue weighted by atomic mass is 9.76. The Bertz CT molecular complexity index is 445. The SMILES string of the molecule is CC(C)(C)NC(=O)C1CC(NC(C)(C)C)CC(C(=O)NC(C)(C)C)C1. The highest BCUT2D eigenvalue weighted by Gasteiger charge is 2.38. The van der Waals surface area contributed by atoms with Gasteiger partial charge in [0, 0.05) is 34.5 Å². The molecule has 0 aliphatic heterocycles. The van der Waals surface area contributed by atoms with E-state index in [9.17, 15) is 9.59 Å². The van der Waals surface area contributed by atoms with Gasteiger partial charge >= 0.3 is 0 Å². The molecule has 0 heterocycles. The van der Waals surface area contributed by atoms with Gasteiger partial charge in [-0.2, -0.15) is 0 Å². The fourth-order valence-corrected chi connectivity index (χ4v) is 3.42. The summed E-state index contributed by atoms with van der Waals surface area (Å²) >= 11 is 0. The Labute approximate surface area is 154 Å². The van der Waals surface area contributed by atoms with Crippen molar-refractivity contribution in [1.82, 2.24) is 16.0 Å². The third-order valence-corrected chi connectivity index (χ3v) is 4.08. The van der Waals surface area contributed by atoms with E-state index < -0.39 is 0 Å².